The molecule has 4 rings (SSSR count). The Bertz CT molecular complexity index is 1170. The molecule has 0 bridgehead atoms. The van der Waals surface area contributed by atoms with E-state index in [-0.39, 0.29) is 10.9 Å². The number of hydrogen-bond acceptors (Lipinski definition) is 4. The van der Waals surface area contributed by atoms with Crippen molar-refractivity contribution in [2.45, 2.75) is 37.2 Å². The lowest BCUT2D eigenvalue weighted by Gasteiger charge is -2.39. The summed E-state index contributed by atoms with van der Waals surface area (Å²) in [5.41, 5.74) is 2.98. The van der Waals surface area contributed by atoms with Gasteiger partial charge in [-0.05, 0) is 73.9 Å². The van der Waals surface area contributed by atoms with Crippen LogP contribution in [-0.4, -0.2) is 39.6 Å². The number of ether oxygens (including phenoxy) is 1. The summed E-state index contributed by atoms with van der Waals surface area (Å²) in [5, 5.41) is 0.515. The maximum Gasteiger partial charge on any atom is 0.264 e. The number of nitrogens with zero attached hydrogens (tertiary/aromatic N) is 2. The van der Waals surface area contributed by atoms with Crippen LogP contribution in [-0.2, 0) is 16.6 Å². The Morgan fingerprint density at radius 1 is 1.00 bits per heavy atom. The van der Waals surface area contributed by atoms with Crippen molar-refractivity contribution in [3.8, 4) is 5.75 Å². The van der Waals surface area contributed by atoms with Gasteiger partial charge in [0.1, 0.15) is 5.75 Å². The topological polar surface area (TPSA) is 49.9 Å². The predicted octanol–water partition coefficient (Wildman–Crippen LogP) is 5.52. The van der Waals surface area contributed by atoms with Gasteiger partial charge in [0.25, 0.3) is 10.0 Å². The molecule has 3 aromatic rings. The van der Waals surface area contributed by atoms with Gasteiger partial charge in [-0.3, -0.25) is 9.21 Å². The number of halogens is 1. The van der Waals surface area contributed by atoms with Crippen molar-refractivity contribution in [1.82, 2.24) is 4.90 Å². The van der Waals surface area contributed by atoms with Crippen LogP contribution in [0.15, 0.2) is 77.7 Å². The second kappa shape index (κ2) is 10.2. The van der Waals surface area contributed by atoms with Crippen LogP contribution in [0.3, 0.4) is 0 Å². The van der Waals surface area contributed by atoms with Crippen molar-refractivity contribution in [2.24, 2.45) is 0 Å². The van der Waals surface area contributed by atoms with Crippen molar-refractivity contribution < 1.29 is 13.2 Å². The minimum atomic E-state index is -3.73. The second-order valence-electron chi connectivity index (χ2n) is 8.45. The van der Waals surface area contributed by atoms with Gasteiger partial charge < -0.3 is 4.74 Å². The van der Waals surface area contributed by atoms with Gasteiger partial charge in [0.05, 0.1) is 17.7 Å². The maximum absolute atomic E-state index is 13.7. The third-order valence-corrected chi connectivity index (χ3v) is 8.23. The molecule has 0 spiro atoms. The fraction of sp³-hybridized carbons (Fsp3) is 0.308. The van der Waals surface area contributed by atoms with Crippen LogP contribution >= 0.6 is 11.6 Å². The van der Waals surface area contributed by atoms with Gasteiger partial charge in [-0.2, -0.15) is 0 Å². The highest BCUT2D eigenvalue weighted by molar-refractivity contribution is 7.92. The standard InChI is InChI=1S/C26H29ClN2O3S/c1-20-6-10-23(11-7-20)29(33(30,31)26-12-8-22(27)9-13-26)24-14-16-28(17-15-24)19-21-4-3-5-25(18-21)32-2/h3-13,18,24H,14-17,19H2,1-2H3. The van der Waals surface area contributed by atoms with E-state index in [9.17, 15) is 8.42 Å². The van der Waals surface area contributed by atoms with Gasteiger partial charge >= 0.3 is 0 Å². The number of sulfonamides is 1. The molecule has 0 aliphatic carbocycles. The molecule has 1 aliphatic heterocycles. The lowest BCUT2D eigenvalue weighted by Crippen LogP contribution is -2.47. The van der Waals surface area contributed by atoms with Crippen molar-refractivity contribution in [3.63, 3.8) is 0 Å². The minimum absolute atomic E-state index is 0.116. The van der Waals surface area contributed by atoms with Gasteiger partial charge in [0.2, 0.25) is 0 Å². The molecule has 3 aromatic carbocycles. The SMILES string of the molecule is COc1cccc(CN2CCC(N(c3ccc(C)cc3)S(=O)(=O)c3ccc(Cl)cc3)CC2)c1. The third-order valence-electron chi connectivity index (χ3n) is 6.09. The monoisotopic (exact) mass is 484 g/mol. The summed E-state index contributed by atoms with van der Waals surface area (Å²) >= 11 is 6.00. The summed E-state index contributed by atoms with van der Waals surface area (Å²) in [6.45, 7) is 4.46. The molecular formula is C26H29ClN2O3S. The summed E-state index contributed by atoms with van der Waals surface area (Å²) in [5.74, 6) is 0.849. The fourth-order valence-corrected chi connectivity index (χ4v) is 6.13. The summed E-state index contributed by atoms with van der Waals surface area (Å²) < 4.78 is 34.4. The number of methoxy groups -OCH3 is 1. The first-order valence-corrected chi connectivity index (χ1v) is 12.9. The van der Waals surface area contributed by atoms with Gasteiger partial charge in [0.15, 0.2) is 0 Å². The van der Waals surface area contributed by atoms with Crippen LogP contribution in [0, 0.1) is 6.92 Å². The highest BCUT2D eigenvalue weighted by atomic mass is 35.5. The Labute approximate surface area is 201 Å². The molecule has 0 N–H and O–H groups in total. The van der Waals surface area contributed by atoms with Crippen LogP contribution in [0.4, 0.5) is 5.69 Å². The Morgan fingerprint density at radius 2 is 1.67 bits per heavy atom. The number of likely N-dealkylation sites (tertiary alicyclic amines) is 1. The number of benzene rings is 3. The molecule has 0 radical (unpaired) electrons. The van der Waals surface area contributed by atoms with Gasteiger partial charge in [-0.25, -0.2) is 8.42 Å². The van der Waals surface area contributed by atoms with Crippen molar-refractivity contribution in [2.75, 3.05) is 24.5 Å². The number of anilines is 1. The first kappa shape index (κ1) is 23.6. The van der Waals surface area contributed by atoms with Crippen molar-refractivity contribution >= 4 is 27.3 Å². The number of piperidine rings is 1. The lowest BCUT2D eigenvalue weighted by atomic mass is 10.0. The van der Waals surface area contributed by atoms with E-state index < -0.39 is 10.0 Å². The molecule has 33 heavy (non-hydrogen) atoms. The molecule has 0 unspecified atom stereocenters. The highest BCUT2D eigenvalue weighted by Crippen LogP contribution is 2.31. The smallest absolute Gasteiger partial charge is 0.264 e. The summed E-state index contributed by atoms with van der Waals surface area (Å²) in [6, 6.07) is 22.1. The Hall–Kier alpha value is -2.54. The third kappa shape index (κ3) is 5.52. The van der Waals surface area contributed by atoms with Gasteiger partial charge in [0, 0.05) is 30.7 Å². The molecule has 5 nitrogen and oxygen atoms in total. The van der Waals surface area contributed by atoms with Crippen molar-refractivity contribution in [3.05, 3.63) is 88.9 Å². The van der Waals surface area contributed by atoms with E-state index in [1.165, 1.54) is 5.56 Å². The maximum atomic E-state index is 13.7. The summed E-state index contributed by atoms with van der Waals surface area (Å²) in [7, 11) is -2.06. The van der Waals surface area contributed by atoms with E-state index in [1.807, 2.05) is 43.3 Å². The molecule has 0 amide bonds. The van der Waals surface area contributed by atoms with E-state index in [1.54, 1.807) is 35.7 Å². The quantitative estimate of drug-likeness (QED) is 0.443. The van der Waals surface area contributed by atoms with E-state index in [0.717, 1.165) is 43.8 Å². The second-order valence-corrected chi connectivity index (χ2v) is 10.7. The largest absolute Gasteiger partial charge is 0.497 e. The molecule has 0 saturated carbocycles. The first-order valence-electron chi connectivity index (χ1n) is 11.1. The number of aryl methyl sites for hydroxylation is 1. The number of rotatable bonds is 7. The molecule has 0 atom stereocenters. The molecule has 1 fully saturated rings. The average molecular weight is 485 g/mol. The molecule has 1 heterocycles. The van der Waals surface area contributed by atoms with Crippen LogP contribution in [0.5, 0.6) is 5.75 Å². The van der Waals surface area contributed by atoms with Gasteiger partial charge in [-0.15, -0.1) is 0 Å². The van der Waals surface area contributed by atoms with Crippen LogP contribution in [0.1, 0.15) is 24.0 Å². The zero-order chi connectivity index (χ0) is 23.4. The Morgan fingerprint density at radius 3 is 2.30 bits per heavy atom. The van der Waals surface area contributed by atoms with E-state index in [4.69, 9.17) is 16.3 Å². The normalized spacial score (nSPS) is 15.4. The lowest BCUT2D eigenvalue weighted by molar-refractivity contribution is 0.206. The van der Waals surface area contributed by atoms with Crippen molar-refractivity contribution in [1.29, 1.82) is 0 Å². The zero-order valence-electron chi connectivity index (χ0n) is 18.9. The predicted molar refractivity (Wildman–Crippen MR) is 134 cm³/mol. The first-order chi connectivity index (χ1) is 15.9. The summed E-state index contributed by atoms with van der Waals surface area (Å²) in [4.78, 5) is 2.62. The Balaban J connectivity index is 1.55. The summed E-state index contributed by atoms with van der Waals surface area (Å²) in [6.07, 6.45) is 1.51. The molecule has 7 heteroatoms. The van der Waals surface area contributed by atoms with E-state index in [2.05, 4.69) is 17.0 Å². The number of hydrogen-bond donors (Lipinski definition) is 0. The fourth-order valence-electron chi connectivity index (χ4n) is 4.30. The zero-order valence-corrected chi connectivity index (χ0v) is 20.5. The average Bonchev–Trinajstić information content (AvgIpc) is 2.82. The van der Waals surface area contributed by atoms with Crippen LogP contribution in [0.25, 0.3) is 0 Å². The van der Waals surface area contributed by atoms with E-state index in [0.29, 0.717) is 10.7 Å². The Kier molecular flexibility index (Phi) is 7.27. The van der Waals surface area contributed by atoms with E-state index >= 15 is 0 Å². The molecule has 174 valence electrons. The highest BCUT2D eigenvalue weighted by Gasteiger charge is 2.34. The minimum Gasteiger partial charge on any atom is -0.497 e. The molecular weight excluding hydrogens is 456 g/mol. The van der Waals surface area contributed by atoms with Crippen LogP contribution < -0.4 is 9.04 Å². The molecule has 0 aromatic heterocycles. The van der Waals surface area contributed by atoms with Gasteiger partial charge in [-0.1, -0.05) is 41.4 Å². The van der Waals surface area contributed by atoms with Crippen LogP contribution in [0.2, 0.25) is 5.02 Å². The molecule has 1 aliphatic rings. The molecule has 1 saturated heterocycles.